The molecule has 1 aromatic rings. The van der Waals surface area contributed by atoms with Crippen LogP contribution in [0.25, 0.3) is 0 Å². The number of hydrogen-bond acceptors (Lipinski definition) is 2. The topological polar surface area (TPSA) is 50.2 Å². The lowest BCUT2D eigenvalue weighted by molar-refractivity contribution is 0.0690. The van der Waals surface area contributed by atoms with Crippen LogP contribution in [0.15, 0.2) is 12.3 Å². The summed E-state index contributed by atoms with van der Waals surface area (Å²) in [4.78, 5) is 13.8. The van der Waals surface area contributed by atoms with Crippen LogP contribution < -0.4 is 0 Å². The lowest BCUT2D eigenvalue weighted by Crippen LogP contribution is -1.99. The minimum Gasteiger partial charge on any atom is -0.476 e. The molecule has 1 rings (SSSR count). The van der Waals surface area contributed by atoms with Crippen molar-refractivity contribution in [2.45, 2.75) is 6.92 Å². The molecule has 0 atom stereocenters. The molecule has 0 aliphatic heterocycles. The minimum atomic E-state index is -1.04. The summed E-state index contributed by atoms with van der Waals surface area (Å²) in [5.74, 6) is -1.04. The Kier molecular flexibility index (Phi) is 1.67. The first-order valence-electron chi connectivity index (χ1n) is 2.78. The number of hydrogen-bond donors (Lipinski definition) is 1. The van der Waals surface area contributed by atoms with E-state index in [2.05, 4.69) is 11.1 Å². The maximum absolute atomic E-state index is 10.2. The largest absolute Gasteiger partial charge is 0.476 e. The number of carboxylic acid groups (broad SMARTS) is 1. The van der Waals surface area contributed by atoms with Crippen molar-refractivity contribution in [3.8, 4) is 0 Å². The molecule has 0 aliphatic carbocycles. The van der Waals surface area contributed by atoms with Gasteiger partial charge in [0.2, 0.25) is 0 Å². The third-order valence-electron chi connectivity index (χ3n) is 1.04. The fraction of sp³-hybridized carbons (Fsp3) is 0.143. The quantitative estimate of drug-likeness (QED) is 0.623. The molecule has 51 valence electrons. The monoisotopic (exact) mass is 136 g/mol. The number of aromatic nitrogens is 1. The summed E-state index contributed by atoms with van der Waals surface area (Å²) < 4.78 is 0. The number of aryl methyl sites for hydroxylation is 1. The van der Waals surface area contributed by atoms with Crippen molar-refractivity contribution in [1.82, 2.24) is 4.98 Å². The van der Waals surface area contributed by atoms with Crippen LogP contribution in [0, 0.1) is 13.0 Å². The Hall–Kier alpha value is -1.38. The second kappa shape index (κ2) is 2.47. The number of carboxylic acids is 1. The van der Waals surface area contributed by atoms with Gasteiger partial charge in [-0.15, -0.1) is 0 Å². The van der Waals surface area contributed by atoms with E-state index in [0.717, 1.165) is 5.56 Å². The van der Waals surface area contributed by atoms with E-state index in [-0.39, 0.29) is 5.69 Å². The Morgan fingerprint density at radius 1 is 1.80 bits per heavy atom. The fourth-order valence-corrected chi connectivity index (χ4v) is 0.540. The summed E-state index contributed by atoms with van der Waals surface area (Å²) in [6.07, 6.45) is 1.50. The molecule has 10 heavy (non-hydrogen) atoms. The molecule has 0 saturated carbocycles. The molecule has 0 bridgehead atoms. The van der Waals surface area contributed by atoms with Crippen molar-refractivity contribution in [1.29, 1.82) is 0 Å². The van der Waals surface area contributed by atoms with Gasteiger partial charge < -0.3 is 5.11 Å². The normalized spacial score (nSPS) is 9.30. The molecular weight excluding hydrogens is 130 g/mol. The van der Waals surface area contributed by atoms with Crippen LogP contribution in [0.2, 0.25) is 0 Å². The molecule has 0 spiro atoms. The number of nitrogens with zero attached hydrogens (tertiary/aromatic N) is 1. The molecule has 1 heterocycles. The van der Waals surface area contributed by atoms with Crippen LogP contribution in [0.3, 0.4) is 0 Å². The molecule has 1 radical (unpaired) electrons. The van der Waals surface area contributed by atoms with Gasteiger partial charge in [0, 0.05) is 12.3 Å². The number of carbonyl (C=O) groups is 1. The van der Waals surface area contributed by atoms with Crippen molar-refractivity contribution in [3.63, 3.8) is 0 Å². The molecule has 3 heteroatoms. The van der Waals surface area contributed by atoms with Crippen LogP contribution in [0.5, 0.6) is 0 Å². The Bertz CT molecular complexity index is 240. The summed E-state index contributed by atoms with van der Waals surface area (Å²) in [5.41, 5.74) is 0.871. The Morgan fingerprint density at radius 3 is 2.90 bits per heavy atom. The van der Waals surface area contributed by atoms with Crippen LogP contribution in [-0.2, 0) is 0 Å². The summed E-state index contributed by atoms with van der Waals surface area (Å²) in [5, 5.41) is 8.38. The molecule has 3 nitrogen and oxygen atoms in total. The van der Waals surface area contributed by atoms with Crippen LogP contribution >= 0.6 is 0 Å². The van der Waals surface area contributed by atoms with E-state index in [1.54, 1.807) is 6.07 Å². The van der Waals surface area contributed by atoms with Gasteiger partial charge in [0.25, 0.3) is 0 Å². The van der Waals surface area contributed by atoms with Crippen molar-refractivity contribution in [2.24, 2.45) is 0 Å². The lowest BCUT2D eigenvalue weighted by atomic mass is 10.3. The zero-order valence-corrected chi connectivity index (χ0v) is 5.46. The van der Waals surface area contributed by atoms with Crippen LogP contribution in [0.1, 0.15) is 16.1 Å². The van der Waals surface area contributed by atoms with Gasteiger partial charge in [0.15, 0.2) is 5.69 Å². The summed E-state index contributed by atoms with van der Waals surface area (Å²) in [6.45, 7) is 1.83. The molecule has 0 saturated heterocycles. The molecule has 1 N–H and O–H groups in total. The van der Waals surface area contributed by atoms with Crippen molar-refractivity contribution in [2.75, 3.05) is 0 Å². The Labute approximate surface area is 58.3 Å². The van der Waals surface area contributed by atoms with Gasteiger partial charge in [0.1, 0.15) is 0 Å². The van der Waals surface area contributed by atoms with Gasteiger partial charge in [-0.1, -0.05) is 0 Å². The van der Waals surface area contributed by atoms with Crippen molar-refractivity contribution in [3.05, 3.63) is 29.6 Å². The first-order chi connectivity index (χ1) is 4.70. The van der Waals surface area contributed by atoms with Gasteiger partial charge in [-0.25, -0.2) is 9.78 Å². The van der Waals surface area contributed by atoms with E-state index >= 15 is 0 Å². The first-order valence-corrected chi connectivity index (χ1v) is 2.78. The second-order valence-corrected chi connectivity index (χ2v) is 1.94. The van der Waals surface area contributed by atoms with E-state index in [1.807, 2.05) is 6.92 Å². The molecule has 0 fully saturated rings. The van der Waals surface area contributed by atoms with Gasteiger partial charge >= 0.3 is 5.97 Å². The van der Waals surface area contributed by atoms with E-state index in [0.29, 0.717) is 0 Å². The predicted octanol–water partition coefficient (Wildman–Crippen LogP) is 0.888. The van der Waals surface area contributed by atoms with Crippen LogP contribution in [-0.4, -0.2) is 16.1 Å². The van der Waals surface area contributed by atoms with Gasteiger partial charge in [-0.05, 0) is 18.6 Å². The van der Waals surface area contributed by atoms with Crippen molar-refractivity contribution < 1.29 is 9.90 Å². The Balaban J connectivity index is 3.00. The number of pyridine rings is 1. The highest BCUT2D eigenvalue weighted by Crippen LogP contribution is 1.96. The predicted molar refractivity (Wildman–Crippen MR) is 34.8 cm³/mol. The van der Waals surface area contributed by atoms with Gasteiger partial charge in [-0.2, -0.15) is 0 Å². The smallest absolute Gasteiger partial charge is 0.355 e. The van der Waals surface area contributed by atoms with Gasteiger partial charge in [0.05, 0.1) is 0 Å². The zero-order chi connectivity index (χ0) is 7.56. The third kappa shape index (κ3) is 1.31. The summed E-state index contributed by atoms with van der Waals surface area (Å²) in [7, 11) is 0. The SMILES string of the molecule is Cc1c[c]c(C(=O)O)nc1. The standard InChI is InChI=1S/C7H6NO2/c1-5-2-3-6(7(9)10)8-4-5/h2,4H,1H3,(H,9,10). The maximum Gasteiger partial charge on any atom is 0.355 e. The first kappa shape index (κ1) is 6.74. The van der Waals surface area contributed by atoms with E-state index in [1.165, 1.54) is 6.20 Å². The molecular formula is C7H6NO2. The minimum absolute atomic E-state index is 0.0365. The summed E-state index contributed by atoms with van der Waals surface area (Å²) >= 11 is 0. The second-order valence-electron chi connectivity index (χ2n) is 1.94. The highest BCUT2D eigenvalue weighted by Gasteiger charge is 2.01. The molecule has 0 unspecified atom stereocenters. The Morgan fingerprint density at radius 2 is 2.50 bits per heavy atom. The molecule has 1 aromatic heterocycles. The van der Waals surface area contributed by atoms with E-state index < -0.39 is 5.97 Å². The number of rotatable bonds is 1. The van der Waals surface area contributed by atoms with Crippen molar-refractivity contribution >= 4 is 5.97 Å². The fourth-order valence-electron chi connectivity index (χ4n) is 0.540. The summed E-state index contributed by atoms with van der Waals surface area (Å²) in [6, 6.07) is 4.12. The van der Waals surface area contributed by atoms with Crippen LogP contribution in [0.4, 0.5) is 0 Å². The maximum atomic E-state index is 10.2. The average molecular weight is 136 g/mol. The molecule has 0 aliphatic rings. The lowest BCUT2D eigenvalue weighted by Gasteiger charge is -1.91. The molecule has 0 amide bonds. The average Bonchev–Trinajstić information content (AvgIpc) is 1.88. The van der Waals surface area contributed by atoms with E-state index in [4.69, 9.17) is 5.11 Å². The zero-order valence-electron chi connectivity index (χ0n) is 5.46. The van der Waals surface area contributed by atoms with Gasteiger partial charge in [-0.3, -0.25) is 0 Å². The van der Waals surface area contributed by atoms with E-state index in [9.17, 15) is 4.79 Å². The number of aromatic carboxylic acids is 1. The third-order valence-corrected chi connectivity index (χ3v) is 1.04. The highest BCUT2D eigenvalue weighted by atomic mass is 16.4. The highest BCUT2D eigenvalue weighted by molar-refractivity contribution is 5.84. The molecule has 0 aromatic carbocycles.